The molecule has 0 N–H and O–H groups in total. The van der Waals surface area contributed by atoms with Gasteiger partial charge in [-0.15, -0.1) is 0 Å². The normalized spacial score (nSPS) is 12.0. The van der Waals surface area contributed by atoms with Crippen LogP contribution in [0.4, 0.5) is 0 Å². The first-order valence-corrected chi connectivity index (χ1v) is 8.40. The highest BCUT2D eigenvalue weighted by atomic mass is 79.9. The summed E-state index contributed by atoms with van der Waals surface area (Å²) in [6, 6.07) is 15.3. The van der Waals surface area contributed by atoms with Crippen LogP contribution in [-0.2, 0) is 9.84 Å². The van der Waals surface area contributed by atoms with Gasteiger partial charge in [-0.3, -0.25) is 0 Å². The van der Waals surface area contributed by atoms with E-state index in [1.54, 1.807) is 30.3 Å². The fourth-order valence-electron chi connectivity index (χ4n) is 1.72. The first-order valence-electron chi connectivity index (χ1n) is 6.12. The Morgan fingerprint density at radius 2 is 1.67 bits per heavy atom. The predicted molar refractivity (Wildman–Crippen MR) is 86.1 cm³/mol. The Hall–Kier alpha value is -1.90. The SMILES string of the molecule is Cc1ccc(/C=C(\C#N)S(=O)(=O)c2ccc(Br)cc2)cc1. The Balaban J connectivity index is 2.47. The molecule has 0 fully saturated rings. The molecule has 0 unspecified atom stereocenters. The zero-order valence-electron chi connectivity index (χ0n) is 11.2. The summed E-state index contributed by atoms with van der Waals surface area (Å²) in [6.07, 6.45) is 1.39. The Morgan fingerprint density at radius 1 is 1.10 bits per heavy atom. The van der Waals surface area contributed by atoms with Gasteiger partial charge in [0.05, 0.1) is 4.90 Å². The third-order valence-corrected chi connectivity index (χ3v) is 5.11. The van der Waals surface area contributed by atoms with Gasteiger partial charge in [-0.25, -0.2) is 8.42 Å². The Bertz CT molecular complexity index is 814. The van der Waals surface area contributed by atoms with E-state index < -0.39 is 9.84 Å². The second-order valence-electron chi connectivity index (χ2n) is 4.49. The quantitative estimate of drug-likeness (QED) is 0.773. The maximum Gasteiger partial charge on any atom is 0.216 e. The first-order chi connectivity index (χ1) is 9.93. The van der Waals surface area contributed by atoms with Crippen molar-refractivity contribution in [2.75, 3.05) is 0 Å². The van der Waals surface area contributed by atoms with Crippen LogP contribution in [0.25, 0.3) is 6.08 Å². The molecule has 0 aliphatic heterocycles. The highest BCUT2D eigenvalue weighted by Crippen LogP contribution is 2.23. The molecule has 0 spiro atoms. The lowest BCUT2D eigenvalue weighted by atomic mass is 10.1. The molecule has 0 amide bonds. The standard InChI is InChI=1S/C16H12BrNO2S/c1-12-2-4-13(5-3-12)10-16(11-18)21(19,20)15-8-6-14(17)7-9-15/h2-10H,1H3/b16-10+. The van der Waals surface area contributed by atoms with E-state index in [1.807, 2.05) is 19.1 Å². The topological polar surface area (TPSA) is 57.9 Å². The molecule has 5 heteroatoms. The number of aryl methyl sites for hydroxylation is 1. The highest BCUT2D eigenvalue weighted by Gasteiger charge is 2.20. The average molecular weight is 362 g/mol. The van der Waals surface area contributed by atoms with Gasteiger partial charge < -0.3 is 0 Å². The molecule has 0 heterocycles. The monoisotopic (exact) mass is 361 g/mol. The van der Waals surface area contributed by atoms with Gasteiger partial charge in [-0.1, -0.05) is 45.8 Å². The van der Waals surface area contributed by atoms with Gasteiger partial charge >= 0.3 is 0 Å². The van der Waals surface area contributed by atoms with Crippen molar-refractivity contribution in [2.24, 2.45) is 0 Å². The first kappa shape index (κ1) is 15.5. The van der Waals surface area contributed by atoms with Crippen LogP contribution in [0, 0.1) is 18.3 Å². The minimum Gasteiger partial charge on any atom is -0.218 e. The van der Waals surface area contributed by atoms with E-state index in [9.17, 15) is 13.7 Å². The van der Waals surface area contributed by atoms with Crippen LogP contribution in [0.3, 0.4) is 0 Å². The van der Waals surface area contributed by atoms with Crippen molar-refractivity contribution in [3.8, 4) is 6.07 Å². The Kier molecular flexibility index (Phi) is 4.61. The zero-order valence-corrected chi connectivity index (χ0v) is 13.6. The highest BCUT2D eigenvalue weighted by molar-refractivity contribution is 9.10. The van der Waals surface area contributed by atoms with Crippen LogP contribution < -0.4 is 0 Å². The molecular weight excluding hydrogens is 350 g/mol. The molecule has 2 aromatic carbocycles. The minimum atomic E-state index is -3.80. The molecule has 0 aliphatic carbocycles. The largest absolute Gasteiger partial charge is 0.218 e. The summed E-state index contributed by atoms with van der Waals surface area (Å²) in [5.74, 6) is 0. The Morgan fingerprint density at radius 3 is 2.19 bits per heavy atom. The van der Waals surface area contributed by atoms with E-state index in [2.05, 4.69) is 15.9 Å². The average Bonchev–Trinajstić information content (AvgIpc) is 2.47. The third kappa shape index (κ3) is 3.60. The van der Waals surface area contributed by atoms with Gasteiger partial charge in [0.2, 0.25) is 9.84 Å². The summed E-state index contributed by atoms with van der Waals surface area (Å²) in [5, 5.41) is 9.19. The molecule has 0 atom stereocenters. The van der Waals surface area contributed by atoms with E-state index in [0.717, 1.165) is 10.0 Å². The number of sulfone groups is 1. The van der Waals surface area contributed by atoms with E-state index in [-0.39, 0.29) is 9.80 Å². The lowest BCUT2D eigenvalue weighted by molar-refractivity contribution is 0.603. The van der Waals surface area contributed by atoms with E-state index in [1.165, 1.54) is 18.2 Å². The number of nitriles is 1. The molecule has 2 aromatic rings. The van der Waals surface area contributed by atoms with Crippen molar-refractivity contribution in [3.05, 3.63) is 69.0 Å². The van der Waals surface area contributed by atoms with Crippen molar-refractivity contribution >= 4 is 31.8 Å². The summed E-state index contributed by atoms with van der Waals surface area (Å²) >= 11 is 3.25. The van der Waals surface area contributed by atoms with E-state index >= 15 is 0 Å². The summed E-state index contributed by atoms with van der Waals surface area (Å²) in [7, 11) is -3.80. The van der Waals surface area contributed by atoms with Gasteiger partial charge in [0.1, 0.15) is 11.0 Å². The molecule has 0 saturated heterocycles. The second-order valence-corrected chi connectivity index (χ2v) is 7.32. The number of allylic oxidation sites excluding steroid dienone is 1. The molecule has 0 saturated carbocycles. The molecule has 21 heavy (non-hydrogen) atoms. The number of rotatable bonds is 3. The molecular formula is C16H12BrNO2S. The van der Waals surface area contributed by atoms with Crippen LogP contribution in [-0.4, -0.2) is 8.42 Å². The van der Waals surface area contributed by atoms with E-state index in [4.69, 9.17) is 0 Å². The third-order valence-electron chi connectivity index (χ3n) is 2.90. The van der Waals surface area contributed by atoms with Crippen LogP contribution >= 0.6 is 15.9 Å². The molecule has 0 aromatic heterocycles. The van der Waals surface area contributed by atoms with E-state index in [0.29, 0.717) is 5.56 Å². The van der Waals surface area contributed by atoms with Crippen LogP contribution in [0.2, 0.25) is 0 Å². The maximum atomic E-state index is 12.4. The predicted octanol–water partition coefficient (Wildman–Crippen LogP) is 4.10. The molecule has 106 valence electrons. The van der Waals surface area contributed by atoms with Gasteiger partial charge in [-0.2, -0.15) is 5.26 Å². The number of nitrogens with zero attached hydrogens (tertiary/aromatic N) is 1. The fourth-order valence-corrected chi connectivity index (χ4v) is 3.15. The van der Waals surface area contributed by atoms with Crippen LogP contribution in [0.15, 0.2) is 62.8 Å². The van der Waals surface area contributed by atoms with Gasteiger partial charge in [-0.05, 0) is 42.8 Å². The van der Waals surface area contributed by atoms with Gasteiger partial charge in [0.25, 0.3) is 0 Å². The fraction of sp³-hybridized carbons (Fsp3) is 0.0625. The van der Waals surface area contributed by atoms with Crippen molar-refractivity contribution in [1.29, 1.82) is 5.26 Å². The molecule has 0 bridgehead atoms. The lowest BCUT2D eigenvalue weighted by Crippen LogP contribution is -2.03. The summed E-state index contributed by atoms with van der Waals surface area (Å²) in [4.78, 5) is -0.167. The van der Waals surface area contributed by atoms with Crippen LogP contribution in [0.5, 0.6) is 0 Å². The summed E-state index contributed by atoms with van der Waals surface area (Å²) < 4.78 is 25.7. The lowest BCUT2D eigenvalue weighted by Gasteiger charge is -2.03. The van der Waals surface area contributed by atoms with Gasteiger partial charge in [0, 0.05) is 4.47 Å². The summed E-state index contributed by atoms with van der Waals surface area (Å²) in [6.45, 7) is 1.94. The molecule has 0 aliphatic rings. The number of benzene rings is 2. The maximum absolute atomic E-state index is 12.4. The van der Waals surface area contributed by atoms with Gasteiger partial charge in [0.15, 0.2) is 0 Å². The van der Waals surface area contributed by atoms with Crippen molar-refractivity contribution in [1.82, 2.24) is 0 Å². The molecule has 3 nitrogen and oxygen atoms in total. The number of hydrogen-bond donors (Lipinski definition) is 0. The number of hydrogen-bond acceptors (Lipinski definition) is 3. The minimum absolute atomic E-state index is 0.102. The molecule has 0 radical (unpaired) electrons. The van der Waals surface area contributed by atoms with Crippen LogP contribution in [0.1, 0.15) is 11.1 Å². The Labute approximate surface area is 132 Å². The summed E-state index contributed by atoms with van der Waals surface area (Å²) in [5.41, 5.74) is 1.75. The molecule has 2 rings (SSSR count). The smallest absolute Gasteiger partial charge is 0.216 e. The van der Waals surface area contributed by atoms with Crippen molar-refractivity contribution < 1.29 is 8.42 Å². The van der Waals surface area contributed by atoms with Crippen molar-refractivity contribution in [2.45, 2.75) is 11.8 Å². The second kappa shape index (κ2) is 6.25. The zero-order chi connectivity index (χ0) is 15.5. The number of halogens is 1. The van der Waals surface area contributed by atoms with Crippen molar-refractivity contribution in [3.63, 3.8) is 0 Å².